The lowest BCUT2D eigenvalue weighted by Crippen LogP contribution is -1.97. The molecule has 33 heavy (non-hydrogen) atoms. The summed E-state index contributed by atoms with van der Waals surface area (Å²) in [5.41, 5.74) is 6.77. The topological polar surface area (TPSA) is 78.6 Å². The van der Waals surface area contributed by atoms with Gasteiger partial charge in [-0.05, 0) is 41.8 Å². The molecule has 0 atom stereocenters. The van der Waals surface area contributed by atoms with Crippen LogP contribution >= 0.6 is 0 Å². The van der Waals surface area contributed by atoms with Gasteiger partial charge in [0.1, 0.15) is 11.3 Å². The van der Waals surface area contributed by atoms with E-state index in [0.29, 0.717) is 17.8 Å². The second kappa shape index (κ2) is 8.84. The SMILES string of the molecule is CCn1cnc2c(-c3ccc(F)c(-c4ccc(-c5cnccn5)cc4COC)c3)cnnc21. The van der Waals surface area contributed by atoms with Gasteiger partial charge in [-0.2, -0.15) is 5.10 Å². The van der Waals surface area contributed by atoms with Crippen molar-refractivity contribution in [2.24, 2.45) is 0 Å². The molecule has 5 aromatic rings. The van der Waals surface area contributed by atoms with Crippen LogP contribution in [0.15, 0.2) is 67.5 Å². The molecular formula is C25H21FN6O. The number of rotatable bonds is 6. The van der Waals surface area contributed by atoms with Crippen molar-refractivity contribution in [3.63, 3.8) is 0 Å². The van der Waals surface area contributed by atoms with Crippen molar-refractivity contribution in [1.29, 1.82) is 0 Å². The first kappa shape index (κ1) is 20.8. The van der Waals surface area contributed by atoms with E-state index < -0.39 is 0 Å². The van der Waals surface area contributed by atoms with E-state index >= 15 is 4.39 Å². The monoisotopic (exact) mass is 440 g/mol. The number of methoxy groups -OCH3 is 1. The zero-order chi connectivity index (χ0) is 22.8. The molecule has 164 valence electrons. The molecule has 7 nitrogen and oxygen atoms in total. The Morgan fingerprint density at radius 3 is 2.61 bits per heavy atom. The average Bonchev–Trinajstić information content (AvgIpc) is 3.29. The van der Waals surface area contributed by atoms with Crippen LogP contribution in [0.3, 0.4) is 0 Å². The number of hydrogen-bond donors (Lipinski definition) is 0. The van der Waals surface area contributed by atoms with Crippen molar-refractivity contribution < 1.29 is 9.13 Å². The van der Waals surface area contributed by atoms with E-state index in [9.17, 15) is 0 Å². The first-order valence-electron chi connectivity index (χ1n) is 10.5. The van der Waals surface area contributed by atoms with Crippen LogP contribution in [0.25, 0.3) is 44.7 Å². The largest absolute Gasteiger partial charge is 0.380 e. The first-order valence-corrected chi connectivity index (χ1v) is 10.5. The normalized spacial score (nSPS) is 11.2. The van der Waals surface area contributed by atoms with Crippen LogP contribution in [-0.2, 0) is 17.9 Å². The van der Waals surface area contributed by atoms with Crippen molar-refractivity contribution in [1.82, 2.24) is 29.7 Å². The fraction of sp³-hybridized carbons (Fsp3) is 0.160. The third kappa shape index (κ3) is 3.85. The van der Waals surface area contributed by atoms with Crippen LogP contribution in [0.1, 0.15) is 12.5 Å². The number of fused-ring (bicyclic) bond motifs is 1. The summed E-state index contributed by atoms with van der Waals surface area (Å²) >= 11 is 0. The Balaban J connectivity index is 1.64. The third-order valence-electron chi connectivity index (χ3n) is 5.58. The van der Waals surface area contributed by atoms with Gasteiger partial charge in [-0.3, -0.25) is 9.97 Å². The highest BCUT2D eigenvalue weighted by Crippen LogP contribution is 2.34. The lowest BCUT2D eigenvalue weighted by Gasteiger charge is -2.14. The van der Waals surface area contributed by atoms with E-state index in [-0.39, 0.29) is 5.82 Å². The van der Waals surface area contributed by atoms with Gasteiger partial charge in [-0.1, -0.05) is 18.2 Å². The summed E-state index contributed by atoms with van der Waals surface area (Å²) in [5.74, 6) is -0.319. The van der Waals surface area contributed by atoms with Gasteiger partial charge in [0.15, 0.2) is 5.65 Å². The minimum atomic E-state index is -0.319. The highest BCUT2D eigenvalue weighted by Gasteiger charge is 2.16. The van der Waals surface area contributed by atoms with Crippen molar-refractivity contribution in [2.45, 2.75) is 20.1 Å². The summed E-state index contributed by atoms with van der Waals surface area (Å²) in [7, 11) is 1.62. The Kier molecular flexibility index (Phi) is 5.58. The molecule has 0 bridgehead atoms. The van der Waals surface area contributed by atoms with Gasteiger partial charge >= 0.3 is 0 Å². The van der Waals surface area contributed by atoms with E-state index in [1.54, 1.807) is 44.3 Å². The van der Waals surface area contributed by atoms with Gasteiger partial charge in [0.25, 0.3) is 0 Å². The number of imidazole rings is 1. The Labute approximate surface area is 190 Å². The Bertz CT molecular complexity index is 1430. The molecule has 0 fully saturated rings. The van der Waals surface area contributed by atoms with Crippen LogP contribution in [0.4, 0.5) is 4.39 Å². The lowest BCUT2D eigenvalue weighted by molar-refractivity contribution is 0.185. The number of halogens is 1. The highest BCUT2D eigenvalue weighted by atomic mass is 19.1. The summed E-state index contributed by atoms with van der Waals surface area (Å²) in [6.45, 7) is 3.09. The summed E-state index contributed by atoms with van der Waals surface area (Å²) < 4.78 is 22.4. The molecule has 0 N–H and O–H groups in total. The van der Waals surface area contributed by atoms with Crippen molar-refractivity contribution in [2.75, 3.05) is 7.11 Å². The van der Waals surface area contributed by atoms with E-state index in [4.69, 9.17) is 4.74 Å². The maximum absolute atomic E-state index is 15.1. The smallest absolute Gasteiger partial charge is 0.183 e. The first-order chi connectivity index (χ1) is 16.2. The molecule has 0 aliphatic heterocycles. The maximum atomic E-state index is 15.1. The predicted molar refractivity (Wildman–Crippen MR) is 124 cm³/mol. The van der Waals surface area contributed by atoms with Gasteiger partial charge in [0.2, 0.25) is 0 Å². The summed E-state index contributed by atoms with van der Waals surface area (Å²) in [6, 6.07) is 10.8. The fourth-order valence-corrected chi connectivity index (χ4v) is 3.95. The zero-order valence-electron chi connectivity index (χ0n) is 18.2. The molecule has 3 heterocycles. The molecule has 3 aromatic heterocycles. The van der Waals surface area contributed by atoms with Crippen molar-refractivity contribution in [3.8, 4) is 33.5 Å². The number of nitrogens with zero attached hydrogens (tertiary/aromatic N) is 6. The van der Waals surface area contributed by atoms with E-state index in [1.165, 1.54) is 6.07 Å². The molecule has 0 aliphatic carbocycles. The highest BCUT2D eigenvalue weighted by molar-refractivity contribution is 5.90. The Hall–Kier alpha value is -4.04. The molecule has 5 rings (SSSR count). The number of benzene rings is 2. The quantitative estimate of drug-likeness (QED) is 0.373. The summed E-state index contributed by atoms with van der Waals surface area (Å²) in [6.07, 6.45) is 8.38. The van der Waals surface area contributed by atoms with Gasteiger partial charge in [-0.15, -0.1) is 5.10 Å². The molecule has 0 unspecified atom stereocenters. The number of ether oxygens (including phenoxy) is 1. The van der Waals surface area contributed by atoms with Crippen LogP contribution in [0.5, 0.6) is 0 Å². The van der Waals surface area contributed by atoms with Crippen molar-refractivity contribution >= 4 is 11.2 Å². The molecule has 2 aromatic carbocycles. The van der Waals surface area contributed by atoms with Gasteiger partial charge in [-0.25, -0.2) is 9.37 Å². The Morgan fingerprint density at radius 1 is 0.939 bits per heavy atom. The average molecular weight is 440 g/mol. The summed E-state index contributed by atoms with van der Waals surface area (Å²) in [5, 5.41) is 8.37. The van der Waals surface area contributed by atoms with Gasteiger partial charge in [0, 0.05) is 42.7 Å². The summed E-state index contributed by atoms with van der Waals surface area (Å²) in [4.78, 5) is 13.0. The fourth-order valence-electron chi connectivity index (χ4n) is 3.95. The minimum absolute atomic E-state index is 0.319. The molecule has 0 radical (unpaired) electrons. The van der Waals surface area contributed by atoms with E-state index in [0.717, 1.165) is 45.6 Å². The molecule has 8 heteroatoms. The number of aryl methyl sites for hydroxylation is 1. The number of hydrogen-bond acceptors (Lipinski definition) is 6. The maximum Gasteiger partial charge on any atom is 0.183 e. The zero-order valence-corrected chi connectivity index (χ0v) is 18.2. The van der Waals surface area contributed by atoms with Crippen LogP contribution in [-0.4, -0.2) is 36.8 Å². The van der Waals surface area contributed by atoms with Crippen LogP contribution in [0.2, 0.25) is 0 Å². The van der Waals surface area contributed by atoms with E-state index in [1.807, 2.05) is 35.8 Å². The standard InChI is InChI=1S/C25H21FN6O/c1-3-32-15-29-24-21(12-30-31-25(24)32)16-5-7-22(26)20(11-16)19-6-4-17(10-18(19)14-33-2)23-13-27-8-9-28-23/h4-13,15H,3,14H2,1-2H3. The minimum Gasteiger partial charge on any atom is -0.380 e. The number of aromatic nitrogens is 6. The predicted octanol–water partition coefficient (Wildman–Crippen LogP) is 4.92. The van der Waals surface area contributed by atoms with Crippen LogP contribution < -0.4 is 0 Å². The second-order valence-corrected chi connectivity index (χ2v) is 7.55. The second-order valence-electron chi connectivity index (χ2n) is 7.55. The van der Waals surface area contributed by atoms with E-state index in [2.05, 4.69) is 25.1 Å². The van der Waals surface area contributed by atoms with Crippen LogP contribution in [0, 0.1) is 5.82 Å². The molecular weight excluding hydrogens is 419 g/mol. The van der Waals surface area contributed by atoms with Gasteiger partial charge in [0.05, 0.1) is 31.0 Å². The molecule has 0 saturated carbocycles. The van der Waals surface area contributed by atoms with Gasteiger partial charge < -0.3 is 9.30 Å². The molecule has 0 spiro atoms. The molecule has 0 amide bonds. The Morgan fingerprint density at radius 2 is 1.82 bits per heavy atom. The lowest BCUT2D eigenvalue weighted by atomic mass is 9.94. The third-order valence-corrected chi connectivity index (χ3v) is 5.58. The molecule has 0 aliphatic rings. The molecule has 0 saturated heterocycles. The van der Waals surface area contributed by atoms with Crippen molar-refractivity contribution in [3.05, 3.63) is 78.9 Å².